The van der Waals surface area contributed by atoms with Gasteiger partial charge in [0.15, 0.2) is 0 Å². The van der Waals surface area contributed by atoms with E-state index in [0.717, 1.165) is 19.4 Å². The Balaban J connectivity index is 2.25. The first kappa shape index (κ1) is 11.0. The number of amides is 1. The molecule has 0 aromatic rings. The van der Waals surface area contributed by atoms with Gasteiger partial charge in [0.1, 0.15) is 0 Å². The van der Waals surface area contributed by atoms with Gasteiger partial charge in [-0.2, -0.15) is 0 Å². The van der Waals surface area contributed by atoms with Crippen LogP contribution in [0.15, 0.2) is 0 Å². The summed E-state index contributed by atoms with van der Waals surface area (Å²) in [6.07, 6.45) is 1.55. The molecule has 0 aromatic heterocycles. The van der Waals surface area contributed by atoms with Crippen molar-refractivity contribution in [2.24, 2.45) is 5.92 Å². The number of carbonyl (C=O) groups excluding carboxylic acids is 1. The standard InChI is InChI=1S/C9H16BrNO2/c1-6(10)9(13)11(2)5-7-3-8(12)4-7/h6-8,12H,3-5H2,1-2H3. The molecule has 1 saturated carbocycles. The molecule has 3 nitrogen and oxygen atoms in total. The molecule has 1 atom stereocenters. The van der Waals surface area contributed by atoms with Crippen molar-refractivity contribution in [3.63, 3.8) is 0 Å². The maximum Gasteiger partial charge on any atom is 0.235 e. The van der Waals surface area contributed by atoms with Crippen molar-refractivity contribution < 1.29 is 9.90 Å². The van der Waals surface area contributed by atoms with Crippen LogP contribution in [-0.2, 0) is 4.79 Å². The van der Waals surface area contributed by atoms with E-state index in [2.05, 4.69) is 15.9 Å². The number of rotatable bonds is 3. The maximum atomic E-state index is 11.4. The van der Waals surface area contributed by atoms with Crippen molar-refractivity contribution in [3.05, 3.63) is 0 Å². The van der Waals surface area contributed by atoms with Gasteiger partial charge in [0.05, 0.1) is 10.9 Å². The number of nitrogens with zero attached hydrogens (tertiary/aromatic N) is 1. The van der Waals surface area contributed by atoms with Gasteiger partial charge in [-0.1, -0.05) is 15.9 Å². The zero-order valence-corrected chi connectivity index (χ0v) is 9.62. The van der Waals surface area contributed by atoms with Crippen molar-refractivity contribution in [2.75, 3.05) is 13.6 Å². The Bertz CT molecular complexity index is 190. The third kappa shape index (κ3) is 2.95. The predicted molar refractivity (Wildman–Crippen MR) is 54.8 cm³/mol. The Morgan fingerprint density at radius 2 is 2.23 bits per heavy atom. The van der Waals surface area contributed by atoms with Gasteiger partial charge in [-0.15, -0.1) is 0 Å². The van der Waals surface area contributed by atoms with Crippen LogP contribution in [0.1, 0.15) is 19.8 Å². The molecular formula is C9H16BrNO2. The van der Waals surface area contributed by atoms with Crippen molar-refractivity contribution in [2.45, 2.75) is 30.7 Å². The third-order valence-electron chi connectivity index (χ3n) is 2.46. The van der Waals surface area contributed by atoms with E-state index in [1.165, 1.54) is 0 Å². The molecule has 0 heterocycles. The largest absolute Gasteiger partial charge is 0.393 e. The number of aliphatic hydroxyl groups excluding tert-OH is 1. The van der Waals surface area contributed by atoms with Gasteiger partial charge in [0, 0.05) is 13.6 Å². The van der Waals surface area contributed by atoms with Gasteiger partial charge < -0.3 is 10.0 Å². The van der Waals surface area contributed by atoms with E-state index in [1.807, 2.05) is 14.0 Å². The van der Waals surface area contributed by atoms with Crippen LogP contribution in [0.3, 0.4) is 0 Å². The van der Waals surface area contributed by atoms with Gasteiger partial charge in [0.2, 0.25) is 5.91 Å². The molecule has 1 N–H and O–H groups in total. The summed E-state index contributed by atoms with van der Waals surface area (Å²) >= 11 is 3.24. The van der Waals surface area contributed by atoms with E-state index in [0.29, 0.717) is 5.92 Å². The van der Waals surface area contributed by atoms with Gasteiger partial charge in [-0.05, 0) is 25.7 Å². The number of alkyl halides is 1. The predicted octanol–water partition coefficient (Wildman–Crippen LogP) is 0.999. The second-order valence-electron chi connectivity index (χ2n) is 3.83. The quantitative estimate of drug-likeness (QED) is 0.759. The molecule has 1 amide bonds. The van der Waals surface area contributed by atoms with E-state index in [4.69, 9.17) is 5.11 Å². The normalized spacial score (nSPS) is 29.2. The van der Waals surface area contributed by atoms with E-state index in [-0.39, 0.29) is 16.8 Å². The molecule has 13 heavy (non-hydrogen) atoms. The SMILES string of the molecule is CC(Br)C(=O)N(C)CC1CC(O)C1. The van der Waals surface area contributed by atoms with Crippen LogP contribution in [-0.4, -0.2) is 40.4 Å². The lowest BCUT2D eigenvalue weighted by atomic mass is 9.82. The molecule has 0 saturated heterocycles. The molecule has 1 fully saturated rings. The van der Waals surface area contributed by atoms with Crippen LogP contribution >= 0.6 is 15.9 Å². The van der Waals surface area contributed by atoms with Gasteiger partial charge in [-0.3, -0.25) is 4.79 Å². The summed E-state index contributed by atoms with van der Waals surface area (Å²) in [6.45, 7) is 2.60. The third-order valence-corrected chi connectivity index (χ3v) is 2.85. The van der Waals surface area contributed by atoms with Crippen LogP contribution in [0.4, 0.5) is 0 Å². The molecule has 0 radical (unpaired) electrons. The minimum Gasteiger partial charge on any atom is -0.393 e. The molecule has 1 aliphatic carbocycles. The average molecular weight is 250 g/mol. The van der Waals surface area contributed by atoms with Crippen molar-refractivity contribution in [1.82, 2.24) is 4.90 Å². The summed E-state index contributed by atoms with van der Waals surface area (Å²) in [7, 11) is 1.81. The van der Waals surface area contributed by atoms with E-state index in [1.54, 1.807) is 4.90 Å². The van der Waals surface area contributed by atoms with Gasteiger partial charge in [-0.25, -0.2) is 0 Å². The average Bonchev–Trinajstić information content (AvgIpc) is 2.00. The van der Waals surface area contributed by atoms with E-state index < -0.39 is 0 Å². The summed E-state index contributed by atoms with van der Waals surface area (Å²) in [5.74, 6) is 0.608. The van der Waals surface area contributed by atoms with E-state index >= 15 is 0 Å². The first-order valence-corrected chi connectivity index (χ1v) is 5.49. The number of carbonyl (C=O) groups is 1. The molecule has 0 spiro atoms. The fraction of sp³-hybridized carbons (Fsp3) is 0.889. The molecular weight excluding hydrogens is 234 g/mol. The Hall–Kier alpha value is -0.0900. The lowest BCUT2D eigenvalue weighted by Crippen LogP contribution is -2.41. The first-order valence-electron chi connectivity index (χ1n) is 4.57. The highest BCUT2D eigenvalue weighted by Crippen LogP contribution is 2.27. The highest BCUT2D eigenvalue weighted by atomic mass is 79.9. The van der Waals surface area contributed by atoms with Crippen LogP contribution in [0.25, 0.3) is 0 Å². The zero-order valence-electron chi connectivity index (χ0n) is 8.03. The number of aliphatic hydroxyl groups is 1. The topological polar surface area (TPSA) is 40.5 Å². The summed E-state index contributed by atoms with van der Waals surface area (Å²) < 4.78 is 0. The molecule has 76 valence electrons. The van der Waals surface area contributed by atoms with Crippen LogP contribution < -0.4 is 0 Å². The molecule has 1 rings (SSSR count). The minimum absolute atomic E-state index is 0.109. The lowest BCUT2D eigenvalue weighted by Gasteiger charge is -2.34. The molecule has 0 aliphatic heterocycles. The maximum absolute atomic E-state index is 11.4. The Labute approximate surface area is 87.2 Å². The summed E-state index contributed by atoms with van der Waals surface area (Å²) in [6, 6.07) is 0. The van der Waals surface area contributed by atoms with Crippen LogP contribution in [0, 0.1) is 5.92 Å². The van der Waals surface area contributed by atoms with Crippen LogP contribution in [0.2, 0.25) is 0 Å². The van der Waals surface area contributed by atoms with E-state index in [9.17, 15) is 4.79 Å². The first-order chi connectivity index (χ1) is 6.00. The lowest BCUT2D eigenvalue weighted by molar-refractivity contribution is -0.130. The molecule has 0 bridgehead atoms. The zero-order chi connectivity index (χ0) is 10.0. The van der Waals surface area contributed by atoms with Crippen molar-refractivity contribution in [3.8, 4) is 0 Å². The molecule has 1 unspecified atom stereocenters. The molecule has 0 aromatic carbocycles. The summed E-state index contributed by atoms with van der Waals surface area (Å²) in [5.41, 5.74) is 0. The minimum atomic E-state index is -0.130. The fourth-order valence-electron chi connectivity index (χ4n) is 1.63. The van der Waals surface area contributed by atoms with Crippen molar-refractivity contribution >= 4 is 21.8 Å². The monoisotopic (exact) mass is 249 g/mol. The summed E-state index contributed by atoms with van der Waals surface area (Å²) in [5, 5.41) is 9.07. The van der Waals surface area contributed by atoms with Crippen LogP contribution in [0.5, 0.6) is 0 Å². The summed E-state index contributed by atoms with van der Waals surface area (Å²) in [4.78, 5) is 13.0. The Kier molecular flexibility index (Phi) is 3.74. The Morgan fingerprint density at radius 1 is 1.69 bits per heavy atom. The number of hydrogen-bond acceptors (Lipinski definition) is 2. The van der Waals surface area contributed by atoms with Gasteiger partial charge in [0.25, 0.3) is 0 Å². The highest BCUT2D eigenvalue weighted by molar-refractivity contribution is 9.10. The van der Waals surface area contributed by atoms with Gasteiger partial charge >= 0.3 is 0 Å². The fourth-order valence-corrected chi connectivity index (χ4v) is 1.98. The number of halogens is 1. The Morgan fingerprint density at radius 3 is 2.62 bits per heavy atom. The number of hydrogen-bond donors (Lipinski definition) is 1. The second-order valence-corrected chi connectivity index (χ2v) is 5.20. The smallest absolute Gasteiger partial charge is 0.235 e. The second kappa shape index (κ2) is 4.42. The molecule has 4 heteroatoms. The highest BCUT2D eigenvalue weighted by Gasteiger charge is 2.29. The van der Waals surface area contributed by atoms with Crippen molar-refractivity contribution in [1.29, 1.82) is 0 Å². The molecule has 1 aliphatic rings.